The van der Waals surface area contributed by atoms with E-state index in [0.717, 1.165) is 16.5 Å². The maximum absolute atomic E-state index is 5.68. The molecule has 3 aromatic carbocycles. The average Bonchev–Trinajstić information content (AvgIpc) is 2.47. The monoisotopic (exact) mass is 232 g/mol. The van der Waals surface area contributed by atoms with Gasteiger partial charge in [-0.05, 0) is 39.6 Å². The van der Waals surface area contributed by atoms with Gasteiger partial charge in [-0.15, -0.1) is 0 Å². The van der Waals surface area contributed by atoms with E-state index in [4.69, 9.17) is 5.73 Å². The predicted octanol–water partition coefficient (Wildman–Crippen LogP) is 3.77. The molecule has 0 spiro atoms. The highest BCUT2D eigenvalue weighted by atomic mass is 14.5. The van der Waals surface area contributed by atoms with Crippen LogP contribution in [0, 0.1) is 6.07 Å². The molecular formula is C17H14N. The predicted molar refractivity (Wildman–Crippen MR) is 76.1 cm³/mol. The van der Waals surface area contributed by atoms with Crippen LogP contribution in [0.2, 0.25) is 0 Å². The van der Waals surface area contributed by atoms with Gasteiger partial charge in [-0.3, -0.25) is 0 Å². The van der Waals surface area contributed by atoms with Crippen molar-refractivity contribution in [2.24, 2.45) is 5.73 Å². The average molecular weight is 232 g/mol. The van der Waals surface area contributed by atoms with Crippen molar-refractivity contribution in [2.75, 3.05) is 0 Å². The van der Waals surface area contributed by atoms with Crippen molar-refractivity contribution in [1.82, 2.24) is 0 Å². The molecule has 0 saturated carbocycles. The number of hydrogen-bond donors (Lipinski definition) is 1. The van der Waals surface area contributed by atoms with Crippen LogP contribution in [-0.4, -0.2) is 0 Å². The summed E-state index contributed by atoms with van der Waals surface area (Å²) in [5, 5.41) is 2.37. The van der Waals surface area contributed by atoms with E-state index in [1.54, 1.807) is 0 Å². The lowest BCUT2D eigenvalue weighted by Gasteiger charge is -2.05. The molecule has 0 aliphatic carbocycles. The highest BCUT2D eigenvalue weighted by Gasteiger charge is 2.00. The summed E-state index contributed by atoms with van der Waals surface area (Å²) in [6.45, 7) is 0.571. The SMILES string of the molecule is NCc1cccc(-c2[c]c3ccccc3cc2)c1. The molecule has 0 heterocycles. The van der Waals surface area contributed by atoms with Crippen LogP contribution in [0.25, 0.3) is 21.9 Å². The third-order valence-electron chi connectivity index (χ3n) is 3.13. The summed E-state index contributed by atoms with van der Waals surface area (Å²) in [4.78, 5) is 0. The molecule has 0 bridgehead atoms. The van der Waals surface area contributed by atoms with Gasteiger partial charge in [-0.25, -0.2) is 0 Å². The first-order chi connectivity index (χ1) is 8.86. The molecule has 0 aromatic heterocycles. The minimum absolute atomic E-state index is 0.571. The van der Waals surface area contributed by atoms with E-state index < -0.39 is 0 Å². The number of benzene rings is 3. The highest BCUT2D eigenvalue weighted by molar-refractivity contribution is 5.86. The lowest BCUT2D eigenvalue weighted by Crippen LogP contribution is -1.95. The molecule has 0 fully saturated rings. The van der Waals surface area contributed by atoms with Gasteiger partial charge < -0.3 is 5.73 Å². The number of hydrogen-bond acceptors (Lipinski definition) is 1. The van der Waals surface area contributed by atoms with E-state index in [2.05, 4.69) is 42.5 Å². The largest absolute Gasteiger partial charge is 0.326 e. The van der Waals surface area contributed by atoms with Crippen LogP contribution in [0.1, 0.15) is 5.56 Å². The van der Waals surface area contributed by atoms with E-state index in [0.29, 0.717) is 6.54 Å². The molecule has 0 unspecified atom stereocenters. The fourth-order valence-electron chi connectivity index (χ4n) is 2.15. The zero-order valence-electron chi connectivity index (χ0n) is 10.1. The first-order valence-corrected chi connectivity index (χ1v) is 6.07. The molecule has 0 aliphatic heterocycles. The minimum atomic E-state index is 0.571. The van der Waals surface area contributed by atoms with Crippen LogP contribution in [0.3, 0.4) is 0 Å². The molecule has 1 nitrogen and oxygen atoms in total. The maximum Gasteiger partial charge on any atom is 0.0178 e. The van der Waals surface area contributed by atoms with Crippen LogP contribution in [0.15, 0.2) is 60.7 Å². The molecule has 1 heteroatoms. The summed E-state index contributed by atoms with van der Waals surface area (Å²) in [5.74, 6) is 0. The highest BCUT2D eigenvalue weighted by Crippen LogP contribution is 2.24. The van der Waals surface area contributed by atoms with Gasteiger partial charge in [0.05, 0.1) is 0 Å². The van der Waals surface area contributed by atoms with Gasteiger partial charge in [-0.1, -0.05) is 54.6 Å². The Morgan fingerprint density at radius 3 is 2.67 bits per heavy atom. The molecular weight excluding hydrogens is 218 g/mol. The molecule has 3 aromatic rings. The van der Waals surface area contributed by atoms with Gasteiger partial charge in [0.15, 0.2) is 0 Å². The quantitative estimate of drug-likeness (QED) is 0.715. The van der Waals surface area contributed by atoms with Gasteiger partial charge in [0.25, 0.3) is 0 Å². The zero-order chi connectivity index (χ0) is 12.4. The molecule has 2 N–H and O–H groups in total. The lowest BCUT2D eigenvalue weighted by atomic mass is 10.00. The summed E-state index contributed by atoms with van der Waals surface area (Å²) in [7, 11) is 0. The first-order valence-electron chi connectivity index (χ1n) is 6.07. The van der Waals surface area contributed by atoms with E-state index in [1.165, 1.54) is 10.9 Å². The Bertz CT molecular complexity index is 686. The van der Waals surface area contributed by atoms with Crippen molar-refractivity contribution in [3.05, 3.63) is 72.3 Å². The zero-order valence-corrected chi connectivity index (χ0v) is 10.1. The first kappa shape index (κ1) is 11.0. The van der Waals surface area contributed by atoms with Crippen molar-refractivity contribution < 1.29 is 0 Å². The van der Waals surface area contributed by atoms with Crippen LogP contribution in [0.5, 0.6) is 0 Å². The topological polar surface area (TPSA) is 26.0 Å². The lowest BCUT2D eigenvalue weighted by molar-refractivity contribution is 1.07. The van der Waals surface area contributed by atoms with Gasteiger partial charge in [0.2, 0.25) is 0 Å². The molecule has 0 aliphatic rings. The second-order valence-electron chi connectivity index (χ2n) is 4.36. The summed E-state index contributed by atoms with van der Waals surface area (Å²) < 4.78 is 0. The maximum atomic E-state index is 5.68. The molecule has 0 amide bonds. The van der Waals surface area contributed by atoms with E-state index >= 15 is 0 Å². The van der Waals surface area contributed by atoms with Gasteiger partial charge >= 0.3 is 0 Å². The van der Waals surface area contributed by atoms with Crippen LogP contribution in [-0.2, 0) is 6.54 Å². The third-order valence-corrected chi connectivity index (χ3v) is 3.13. The Labute approximate surface area is 107 Å². The Balaban J connectivity index is 2.13. The smallest absolute Gasteiger partial charge is 0.0178 e. The van der Waals surface area contributed by atoms with Crippen LogP contribution >= 0.6 is 0 Å². The van der Waals surface area contributed by atoms with Crippen molar-refractivity contribution >= 4 is 10.8 Å². The molecule has 3 rings (SSSR count). The van der Waals surface area contributed by atoms with Crippen molar-refractivity contribution in [1.29, 1.82) is 0 Å². The second kappa shape index (κ2) is 4.63. The Hall–Kier alpha value is -2.12. The van der Waals surface area contributed by atoms with Crippen LogP contribution < -0.4 is 5.73 Å². The third kappa shape index (κ3) is 2.01. The Morgan fingerprint density at radius 1 is 0.889 bits per heavy atom. The normalized spacial score (nSPS) is 10.7. The second-order valence-corrected chi connectivity index (χ2v) is 4.36. The summed E-state index contributed by atoms with van der Waals surface area (Å²) in [5.41, 5.74) is 9.11. The molecule has 18 heavy (non-hydrogen) atoms. The molecule has 1 radical (unpaired) electrons. The van der Waals surface area contributed by atoms with E-state index in [-0.39, 0.29) is 0 Å². The summed E-state index contributed by atoms with van der Waals surface area (Å²) in [6.07, 6.45) is 0. The minimum Gasteiger partial charge on any atom is -0.326 e. The van der Waals surface area contributed by atoms with Crippen molar-refractivity contribution in [3.63, 3.8) is 0 Å². The fraction of sp³-hybridized carbons (Fsp3) is 0.0588. The Kier molecular flexibility index (Phi) is 2.83. The van der Waals surface area contributed by atoms with Crippen molar-refractivity contribution in [2.45, 2.75) is 6.54 Å². The molecule has 87 valence electrons. The summed E-state index contributed by atoms with van der Waals surface area (Å²) in [6, 6.07) is 24.3. The van der Waals surface area contributed by atoms with Crippen molar-refractivity contribution in [3.8, 4) is 11.1 Å². The van der Waals surface area contributed by atoms with E-state index in [1.807, 2.05) is 24.3 Å². The Morgan fingerprint density at radius 2 is 1.78 bits per heavy atom. The summed E-state index contributed by atoms with van der Waals surface area (Å²) >= 11 is 0. The van der Waals surface area contributed by atoms with Crippen LogP contribution in [0.4, 0.5) is 0 Å². The standard InChI is InChI=1S/C17H14N/c18-12-13-4-3-7-15(10-13)17-9-8-14-5-1-2-6-16(14)11-17/h1-10H,12,18H2. The van der Waals surface area contributed by atoms with Gasteiger partial charge in [0, 0.05) is 6.54 Å². The fourth-order valence-corrected chi connectivity index (χ4v) is 2.15. The van der Waals surface area contributed by atoms with E-state index in [9.17, 15) is 0 Å². The molecule has 0 saturated heterocycles. The number of rotatable bonds is 2. The number of fused-ring (bicyclic) bond motifs is 1. The number of nitrogens with two attached hydrogens (primary N) is 1. The molecule has 0 atom stereocenters. The van der Waals surface area contributed by atoms with Gasteiger partial charge in [0.1, 0.15) is 0 Å². The van der Waals surface area contributed by atoms with Gasteiger partial charge in [-0.2, -0.15) is 0 Å².